The standard InChI is InChI=1S/C16H21NO3S2/c1-13(2)22(18,19)17(12-16-8-5-9-21-16)11-14-6-4-7-15(10-14)20-3/h4-10,13H,11-12H2,1-3H3. The average Bonchev–Trinajstić information content (AvgIpc) is 2.99. The zero-order valence-electron chi connectivity index (χ0n) is 13.0. The first-order valence-electron chi connectivity index (χ1n) is 7.07. The summed E-state index contributed by atoms with van der Waals surface area (Å²) in [5, 5.41) is 1.51. The highest BCUT2D eigenvalue weighted by Crippen LogP contribution is 2.21. The maximum atomic E-state index is 12.6. The lowest BCUT2D eigenvalue weighted by atomic mass is 10.2. The summed E-state index contributed by atoms with van der Waals surface area (Å²) in [7, 11) is -1.73. The van der Waals surface area contributed by atoms with Crippen molar-refractivity contribution in [3.8, 4) is 5.75 Å². The molecule has 1 aromatic heterocycles. The van der Waals surface area contributed by atoms with Crippen LogP contribution in [0.15, 0.2) is 41.8 Å². The molecule has 1 heterocycles. The topological polar surface area (TPSA) is 46.6 Å². The Kier molecular flexibility index (Phi) is 5.61. The van der Waals surface area contributed by atoms with Crippen LogP contribution in [0.3, 0.4) is 0 Å². The van der Waals surface area contributed by atoms with Crippen molar-refractivity contribution in [2.75, 3.05) is 7.11 Å². The van der Waals surface area contributed by atoms with Gasteiger partial charge in [0.1, 0.15) is 5.75 Å². The monoisotopic (exact) mass is 339 g/mol. The van der Waals surface area contributed by atoms with Crippen LogP contribution in [0.4, 0.5) is 0 Å². The summed E-state index contributed by atoms with van der Waals surface area (Å²) in [4.78, 5) is 1.03. The molecule has 0 amide bonds. The van der Waals surface area contributed by atoms with E-state index in [9.17, 15) is 8.42 Å². The SMILES string of the molecule is COc1cccc(CN(Cc2cccs2)S(=O)(=O)C(C)C)c1. The predicted molar refractivity (Wildman–Crippen MR) is 90.6 cm³/mol. The third-order valence-electron chi connectivity index (χ3n) is 3.36. The minimum atomic E-state index is -3.33. The van der Waals surface area contributed by atoms with Crippen molar-refractivity contribution >= 4 is 21.4 Å². The van der Waals surface area contributed by atoms with E-state index in [0.29, 0.717) is 13.1 Å². The molecular weight excluding hydrogens is 318 g/mol. The van der Waals surface area contributed by atoms with Gasteiger partial charge in [-0.1, -0.05) is 18.2 Å². The Labute approximate surface area is 136 Å². The molecule has 0 saturated heterocycles. The van der Waals surface area contributed by atoms with Gasteiger partial charge in [-0.3, -0.25) is 0 Å². The predicted octanol–water partition coefficient (Wildman–Crippen LogP) is 3.50. The third kappa shape index (κ3) is 4.09. The summed E-state index contributed by atoms with van der Waals surface area (Å²) >= 11 is 1.57. The van der Waals surface area contributed by atoms with Crippen LogP contribution in [0.2, 0.25) is 0 Å². The highest BCUT2D eigenvalue weighted by Gasteiger charge is 2.26. The lowest BCUT2D eigenvalue weighted by Gasteiger charge is -2.24. The van der Waals surface area contributed by atoms with Crippen molar-refractivity contribution in [1.29, 1.82) is 0 Å². The van der Waals surface area contributed by atoms with Gasteiger partial charge in [-0.05, 0) is 43.0 Å². The fraction of sp³-hybridized carbons (Fsp3) is 0.375. The highest BCUT2D eigenvalue weighted by atomic mass is 32.2. The molecule has 22 heavy (non-hydrogen) atoms. The molecular formula is C16H21NO3S2. The minimum Gasteiger partial charge on any atom is -0.497 e. The fourth-order valence-electron chi connectivity index (χ4n) is 2.08. The Morgan fingerprint density at radius 2 is 1.95 bits per heavy atom. The first kappa shape index (κ1) is 17.0. The Hall–Kier alpha value is -1.37. The van der Waals surface area contributed by atoms with Crippen LogP contribution in [0.1, 0.15) is 24.3 Å². The van der Waals surface area contributed by atoms with E-state index in [2.05, 4.69) is 0 Å². The van der Waals surface area contributed by atoms with Gasteiger partial charge in [-0.2, -0.15) is 4.31 Å². The first-order chi connectivity index (χ1) is 10.4. The van der Waals surface area contributed by atoms with Gasteiger partial charge < -0.3 is 4.74 Å². The number of sulfonamides is 1. The van der Waals surface area contributed by atoms with Crippen LogP contribution in [0.5, 0.6) is 5.75 Å². The molecule has 0 aliphatic heterocycles. The van der Waals surface area contributed by atoms with Crippen molar-refractivity contribution in [3.63, 3.8) is 0 Å². The van der Waals surface area contributed by atoms with Crippen molar-refractivity contribution < 1.29 is 13.2 Å². The van der Waals surface area contributed by atoms with Gasteiger partial charge in [-0.15, -0.1) is 11.3 Å². The van der Waals surface area contributed by atoms with Crippen molar-refractivity contribution in [3.05, 3.63) is 52.2 Å². The zero-order valence-corrected chi connectivity index (χ0v) is 14.7. The van der Waals surface area contributed by atoms with E-state index in [4.69, 9.17) is 4.74 Å². The second-order valence-electron chi connectivity index (χ2n) is 5.29. The van der Waals surface area contributed by atoms with Gasteiger partial charge in [0.15, 0.2) is 0 Å². The van der Waals surface area contributed by atoms with E-state index < -0.39 is 15.3 Å². The number of thiophene rings is 1. The van der Waals surface area contributed by atoms with Gasteiger partial charge in [0.25, 0.3) is 0 Å². The second kappa shape index (κ2) is 7.26. The van der Waals surface area contributed by atoms with Crippen LogP contribution in [-0.4, -0.2) is 25.1 Å². The summed E-state index contributed by atoms with van der Waals surface area (Å²) in [6, 6.07) is 11.4. The van der Waals surface area contributed by atoms with Crippen LogP contribution in [0, 0.1) is 0 Å². The zero-order chi connectivity index (χ0) is 16.2. The molecule has 0 saturated carbocycles. The van der Waals surface area contributed by atoms with Gasteiger partial charge in [-0.25, -0.2) is 8.42 Å². The van der Waals surface area contributed by atoms with E-state index >= 15 is 0 Å². The van der Waals surface area contributed by atoms with E-state index in [0.717, 1.165) is 16.2 Å². The van der Waals surface area contributed by atoms with Crippen LogP contribution >= 0.6 is 11.3 Å². The van der Waals surface area contributed by atoms with Crippen molar-refractivity contribution in [2.45, 2.75) is 32.2 Å². The van der Waals surface area contributed by atoms with Crippen molar-refractivity contribution in [1.82, 2.24) is 4.31 Å². The summed E-state index contributed by atoms with van der Waals surface area (Å²) in [5.74, 6) is 0.732. The van der Waals surface area contributed by atoms with Crippen molar-refractivity contribution in [2.24, 2.45) is 0 Å². The number of rotatable bonds is 7. The molecule has 0 aliphatic rings. The number of benzene rings is 1. The van der Waals surface area contributed by atoms with E-state index in [1.54, 1.807) is 32.3 Å². The average molecular weight is 339 g/mol. The summed E-state index contributed by atoms with van der Waals surface area (Å²) in [6.07, 6.45) is 0. The fourth-order valence-corrected chi connectivity index (χ4v) is 4.13. The third-order valence-corrected chi connectivity index (χ3v) is 6.39. The molecule has 0 aliphatic carbocycles. The Balaban J connectivity index is 2.27. The molecule has 120 valence electrons. The van der Waals surface area contributed by atoms with Crippen LogP contribution in [-0.2, 0) is 23.1 Å². The highest BCUT2D eigenvalue weighted by molar-refractivity contribution is 7.89. The molecule has 0 unspecified atom stereocenters. The molecule has 0 fully saturated rings. The van der Waals surface area contributed by atoms with Crippen LogP contribution in [0.25, 0.3) is 0 Å². The number of hydrogen-bond acceptors (Lipinski definition) is 4. The normalized spacial score (nSPS) is 12.0. The first-order valence-corrected chi connectivity index (χ1v) is 9.46. The summed E-state index contributed by atoms with van der Waals surface area (Å²) < 4.78 is 32.0. The van der Waals surface area contributed by atoms with Gasteiger partial charge in [0.05, 0.1) is 12.4 Å². The molecule has 4 nitrogen and oxygen atoms in total. The van der Waals surface area contributed by atoms with Gasteiger partial charge in [0, 0.05) is 18.0 Å². The Morgan fingerprint density at radius 3 is 2.55 bits per heavy atom. The molecule has 6 heteroatoms. The molecule has 0 bridgehead atoms. The summed E-state index contributed by atoms with van der Waals surface area (Å²) in [6.45, 7) is 4.16. The Morgan fingerprint density at radius 1 is 1.18 bits per heavy atom. The molecule has 0 atom stereocenters. The lowest BCUT2D eigenvalue weighted by Crippen LogP contribution is -2.35. The molecule has 2 aromatic rings. The molecule has 2 rings (SSSR count). The summed E-state index contributed by atoms with van der Waals surface area (Å²) in [5.41, 5.74) is 0.917. The van der Waals surface area contributed by atoms with Gasteiger partial charge >= 0.3 is 0 Å². The lowest BCUT2D eigenvalue weighted by molar-refractivity contribution is 0.394. The van der Waals surface area contributed by atoms with Gasteiger partial charge in [0.2, 0.25) is 10.0 Å². The number of hydrogen-bond donors (Lipinski definition) is 0. The number of ether oxygens (including phenoxy) is 1. The maximum absolute atomic E-state index is 12.6. The molecule has 0 radical (unpaired) electrons. The molecule has 0 spiro atoms. The smallest absolute Gasteiger partial charge is 0.217 e. The van der Waals surface area contributed by atoms with Crippen LogP contribution < -0.4 is 4.74 Å². The number of nitrogens with zero attached hydrogens (tertiary/aromatic N) is 1. The second-order valence-corrected chi connectivity index (χ2v) is 8.81. The quantitative estimate of drug-likeness (QED) is 0.776. The number of methoxy groups -OCH3 is 1. The Bertz CT molecular complexity index is 694. The largest absolute Gasteiger partial charge is 0.497 e. The molecule has 0 N–H and O–H groups in total. The van der Waals surface area contributed by atoms with E-state index in [-0.39, 0.29) is 0 Å². The minimum absolute atomic E-state index is 0.343. The van der Waals surface area contributed by atoms with E-state index in [1.165, 1.54) is 4.31 Å². The molecule has 1 aromatic carbocycles. The van der Waals surface area contributed by atoms with E-state index in [1.807, 2.05) is 41.8 Å². The maximum Gasteiger partial charge on any atom is 0.217 e.